The van der Waals surface area contributed by atoms with Gasteiger partial charge in [0.1, 0.15) is 6.10 Å². The van der Waals surface area contributed by atoms with E-state index in [4.69, 9.17) is 9.47 Å². The highest BCUT2D eigenvalue weighted by Gasteiger charge is 2.23. The fourth-order valence-electron chi connectivity index (χ4n) is 2.30. The number of ether oxygens (including phenoxy) is 2. The molecule has 0 radical (unpaired) electrons. The molecule has 0 amide bonds. The molecule has 2 heterocycles. The van der Waals surface area contributed by atoms with Gasteiger partial charge >= 0.3 is 0 Å². The number of aromatic nitrogens is 2. The zero-order valence-corrected chi connectivity index (χ0v) is 11.7. The van der Waals surface area contributed by atoms with Crippen LogP contribution in [0.2, 0.25) is 0 Å². The molecule has 1 saturated heterocycles. The standard InChI is InChI=1S/C14H22N2O3/c1-3-12(4-2)16-6-5-11(15-16)9-13(17)14-10-18-7-8-19-14/h5-6,12,14H,3-4,7-10H2,1-2H3. The summed E-state index contributed by atoms with van der Waals surface area (Å²) >= 11 is 0. The maximum atomic E-state index is 12.0. The Hall–Kier alpha value is -1.20. The summed E-state index contributed by atoms with van der Waals surface area (Å²) in [5, 5.41) is 4.49. The van der Waals surface area contributed by atoms with E-state index >= 15 is 0 Å². The van der Waals surface area contributed by atoms with Crippen molar-refractivity contribution in [1.82, 2.24) is 9.78 Å². The van der Waals surface area contributed by atoms with E-state index in [1.165, 1.54) is 0 Å². The summed E-state index contributed by atoms with van der Waals surface area (Å²) in [6, 6.07) is 2.33. The molecule has 0 spiro atoms. The highest BCUT2D eigenvalue weighted by atomic mass is 16.6. The second-order valence-corrected chi connectivity index (χ2v) is 4.83. The largest absolute Gasteiger partial charge is 0.376 e. The van der Waals surface area contributed by atoms with Gasteiger partial charge in [-0.1, -0.05) is 13.8 Å². The summed E-state index contributed by atoms with van der Waals surface area (Å²) in [4.78, 5) is 12.0. The molecule has 1 unspecified atom stereocenters. The Bertz CT molecular complexity index is 407. The van der Waals surface area contributed by atoms with Gasteiger partial charge in [-0.25, -0.2) is 0 Å². The minimum atomic E-state index is -0.424. The molecule has 2 rings (SSSR count). The monoisotopic (exact) mass is 266 g/mol. The lowest BCUT2D eigenvalue weighted by molar-refractivity contribution is -0.144. The first-order chi connectivity index (χ1) is 9.24. The zero-order chi connectivity index (χ0) is 13.7. The number of hydrogen-bond acceptors (Lipinski definition) is 4. The van der Waals surface area contributed by atoms with Crippen molar-refractivity contribution < 1.29 is 14.3 Å². The minimum absolute atomic E-state index is 0.0505. The van der Waals surface area contributed by atoms with E-state index in [1.807, 2.05) is 16.9 Å². The predicted octanol–water partition coefficient (Wildman–Crippen LogP) is 1.77. The van der Waals surface area contributed by atoms with Crippen molar-refractivity contribution in [2.45, 2.75) is 45.3 Å². The summed E-state index contributed by atoms with van der Waals surface area (Å²) in [6.45, 7) is 5.74. The third-order valence-corrected chi connectivity index (χ3v) is 3.51. The summed E-state index contributed by atoms with van der Waals surface area (Å²) in [6.07, 6.45) is 3.95. The molecule has 0 bridgehead atoms. The second-order valence-electron chi connectivity index (χ2n) is 4.83. The van der Waals surface area contributed by atoms with E-state index in [0.29, 0.717) is 32.3 Å². The molecule has 0 aliphatic carbocycles. The van der Waals surface area contributed by atoms with E-state index in [2.05, 4.69) is 18.9 Å². The molecule has 0 N–H and O–H groups in total. The van der Waals surface area contributed by atoms with Gasteiger partial charge in [-0.15, -0.1) is 0 Å². The van der Waals surface area contributed by atoms with Crippen LogP contribution in [-0.4, -0.2) is 41.5 Å². The Labute approximate surface area is 113 Å². The molecule has 1 aromatic heterocycles. The molecule has 19 heavy (non-hydrogen) atoms. The quantitative estimate of drug-likeness (QED) is 0.787. The van der Waals surface area contributed by atoms with Crippen molar-refractivity contribution in [3.8, 4) is 0 Å². The van der Waals surface area contributed by atoms with Crippen LogP contribution < -0.4 is 0 Å². The molecule has 5 nitrogen and oxygen atoms in total. The van der Waals surface area contributed by atoms with Crippen LogP contribution in [0.25, 0.3) is 0 Å². The molecular weight excluding hydrogens is 244 g/mol. The van der Waals surface area contributed by atoms with E-state index in [9.17, 15) is 4.79 Å². The summed E-state index contributed by atoms with van der Waals surface area (Å²) in [5.74, 6) is 0.0505. The molecule has 0 aromatic carbocycles. The molecule has 106 valence electrons. The molecule has 1 fully saturated rings. The van der Waals surface area contributed by atoms with Crippen LogP contribution in [0, 0.1) is 0 Å². The average Bonchev–Trinajstić information content (AvgIpc) is 2.89. The number of Topliss-reactive ketones (excluding diaryl/α,β-unsaturated/α-hetero) is 1. The third-order valence-electron chi connectivity index (χ3n) is 3.51. The van der Waals surface area contributed by atoms with Gasteiger partial charge in [-0.3, -0.25) is 9.48 Å². The Balaban J connectivity index is 1.93. The van der Waals surface area contributed by atoms with Gasteiger partial charge < -0.3 is 9.47 Å². The third kappa shape index (κ3) is 3.64. The highest BCUT2D eigenvalue weighted by molar-refractivity contribution is 5.85. The maximum absolute atomic E-state index is 12.0. The van der Waals surface area contributed by atoms with Crippen molar-refractivity contribution in [3.63, 3.8) is 0 Å². The number of carbonyl (C=O) groups excluding carboxylic acids is 1. The smallest absolute Gasteiger partial charge is 0.169 e. The first-order valence-electron chi connectivity index (χ1n) is 7.00. The van der Waals surface area contributed by atoms with E-state index in [-0.39, 0.29) is 5.78 Å². The first-order valence-corrected chi connectivity index (χ1v) is 7.00. The van der Waals surface area contributed by atoms with Crippen molar-refractivity contribution in [3.05, 3.63) is 18.0 Å². The topological polar surface area (TPSA) is 53.4 Å². The van der Waals surface area contributed by atoms with Crippen LogP contribution in [0.1, 0.15) is 38.4 Å². The lowest BCUT2D eigenvalue weighted by Crippen LogP contribution is -2.36. The number of ketones is 1. The second kappa shape index (κ2) is 6.82. The van der Waals surface area contributed by atoms with E-state index in [0.717, 1.165) is 18.5 Å². The van der Waals surface area contributed by atoms with E-state index < -0.39 is 6.10 Å². The molecule has 1 aliphatic rings. The molecule has 0 saturated carbocycles. The molecule has 5 heteroatoms. The first kappa shape index (κ1) is 14.2. The van der Waals surface area contributed by atoms with Crippen LogP contribution in [0.4, 0.5) is 0 Å². The Morgan fingerprint density at radius 3 is 2.89 bits per heavy atom. The Morgan fingerprint density at radius 2 is 2.26 bits per heavy atom. The lowest BCUT2D eigenvalue weighted by Gasteiger charge is -2.21. The van der Waals surface area contributed by atoms with Gasteiger partial charge in [0, 0.05) is 6.20 Å². The van der Waals surface area contributed by atoms with Crippen LogP contribution in [0.3, 0.4) is 0 Å². The summed E-state index contributed by atoms with van der Waals surface area (Å²) in [5.41, 5.74) is 0.811. The average molecular weight is 266 g/mol. The zero-order valence-electron chi connectivity index (χ0n) is 11.7. The SMILES string of the molecule is CCC(CC)n1ccc(CC(=O)C2COCCO2)n1. The minimum Gasteiger partial charge on any atom is -0.376 e. The molecule has 1 atom stereocenters. The van der Waals surface area contributed by atoms with Gasteiger partial charge in [0.25, 0.3) is 0 Å². The number of carbonyl (C=O) groups is 1. The number of rotatable bonds is 6. The van der Waals surface area contributed by atoms with Gasteiger partial charge in [0.05, 0.1) is 38.0 Å². The molecule has 1 aliphatic heterocycles. The lowest BCUT2D eigenvalue weighted by atomic mass is 10.1. The van der Waals surface area contributed by atoms with Crippen LogP contribution in [-0.2, 0) is 20.7 Å². The highest BCUT2D eigenvalue weighted by Crippen LogP contribution is 2.15. The van der Waals surface area contributed by atoms with Crippen molar-refractivity contribution >= 4 is 5.78 Å². The predicted molar refractivity (Wildman–Crippen MR) is 71.1 cm³/mol. The van der Waals surface area contributed by atoms with Crippen molar-refractivity contribution in [2.75, 3.05) is 19.8 Å². The van der Waals surface area contributed by atoms with Crippen molar-refractivity contribution in [1.29, 1.82) is 0 Å². The number of nitrogens with zero attached hydrogens (tertiary/aromatic N) is 2. The molecule has 1 aromatic rings. The maximum Gasteiger partial charge on any atom is 0.169 e. The summed E-state index contributed by atoms with van der Waals surface area (Å²) < 4.78 is 12.6. The van der Waals surface area contributed by atoms with Crippen LogP contribution >= 0.6 is 0 Å². The Morgan fingerprint density at radius 1 is 1.47 bits per heavy atom. The van der Waals surface area contributed by atoms with Gasteiger partial charge in [0.15, 0.2) is 5.78 Å². The van der Waals surface area contributed by atoms with Crippen LogP contribution in [0.15, 0.2) is 12.3 Å². The fraction of sp³-hybridized carbons (Fsp3) is 0.714. The van der Waals surface area contributed by atoms with Gasteiger partial charge in [0.2, 0.25) is 0 Å². The Kier molecular flexibility index (Phi) is 5.10. The van der Waals surface area contributed by atoms with E-state index in [1.54, 1.807) is 0 Å². The van der Waals surface area contributed by atoms with Gasteiger partial charge in [-0.05, 0) is 18.9 Å². The summed E-state index contributed by atoms with van der Waals surface area (Å²) in [7, 11) is 0. The normalized spacial score (nSPS) is 19.8. The number of hydrogen-bond donors (Lipinski definition) is 0. The van der Waals surface area contributed by atoms with Crippen LogP contribution in [0.5, 0.6) is 0 Å². The van der Waals surface area contributed by atoms with Crippen molar-refractivity contribution in [2.24, 2.45) is 0 Å². The van der Waals surface area contributed by atoms with Gasteiger partial charge in [-0.2, -0.15) is 5.10 Å². The fourth-order valence-corrected chi connectivity index (χ4v) is 2.30. The molecular formula is C14H22N2O3.